The van der Waals surface area contributed by atoms with E-state index in [0.717, 1.165) is 61.2 Å². The Labute approximate surface area is 302 Å². The summed E-state index contributed by atoms with van der Waals surface area (Å²) in [5, 5.41) is 19.3. The van der Waals surface area contributed by atoms with Crippen LogP contribution in [0, 0.1) is 22.7 Å². The van der Waals surface area contributed by atoms with Gasteiger partial charge in [0.05, 0.1) is 23.3 Å². The van der Waals surface area contributed by atoms with Gasteiger partial charge in [-0.25, -0.2) is 15.0 Å². The topological polar surface area (TPSA) is 86.2 Å². The molecule has 242 valence electrons. The van der Waals surface area contributed by atoms with Gasteiger partial charge >= 0.3 is 0 Å². The first-order valence-corrected chi connectivity index (χ1v) is 16.9. The number of nitriles is 2. The SMILES string of the molecule is N#Cc1cccc(-c2cc(C#N)cc(-c3cccc(-c4cccc(-c5nc(-c6ccccc6)nc(-c6cccc(-c7ccccc7)c6)n5)c4)c3)c2)c1. The Morgan fingerprint density at radius 1 is 0.269 bits per heavy atom. The molecule has 0 unspecified atom stereocenters. The summed E-state index contributed by atoms with van der Waals surface area (Å²) in [5.41, 5.74) is 11.7. The van der Waals surface area contributed by atoms with Crippen molar-refractivity contribution in [2.24, 2.45) is 0 Å². The van der Waals surface area contributed by atoms with Crippen molar-refractivity contribution >= 4 is 0 Å². The van der Waals surface area contributed by atoms with Crippen LogP contribution in [0.4, 0.5) is 0 Å². The van der Waals surface area contributed by atoms with Gasteiger partial charge in [-0.05, 0) is 93.0 Å². The van der Waals surface area contributed by atoms with Crippen molar-refractivity contribution in [3.05, 3.63) is 187 Å². The minimum absolute atomic E-state index is 0.552. The first kappa shape index (κ1) is 31.8. The molecule has 0 spiro atoms. The van der Waals surface area contributed by atoms with Crippen LogP contribution in [-0.4, -0.2) is 15.0 Å². The minimum Gasteiger partial charge on any atom is -0.208 e. The molecule has 1 heterocycles. The highest BCUT2D eigenvalue weighted by atomic mass is 15.0. The van der Waals surface area contributed by atoms with Gasteiger partial charge in [0.1, 0.15) is 0 Å². The van der Waals surface area contributed by atoms with Gasteiger partial charge in [-0.1, -0.05) is 127 Å². The molecule has 7 aromatic carbocycles. The summed E-state index contributed by atoms with van der Waals surface area (Å²) in [5.74, 6) is 1.78. The lowest BCUT2D eigenvalue weighted by Gasteiger charge is -2.12. The molecule has 0 radical (unpaired) electrons. The van der Waals surface area contributed by atoms with Crippen molar-refractivity contribution in [1.82, 2.24) is 15.0 Å². The van der Waals surface area contributed by atoms with Gasteiger partial charge in [0.25, 0.3) is 0 Å². The lowest BCUT2D eigenvalue weighted by atomic mass is 9.93. The van der Waals surface area contributed by atoms with Gasteiger partial charge < -0.3 is 0 Å². The maximum absolute atomic E-state index is 9.88. The van der Waals surface area contributed by atoms with Crippen molar-refractivity contribution in [3.8, 4) is 90.8 Å². The first-order valence-electron chi connectivity index (χ1n) is 16.9. The Balaban J connectivity index is 1.19. The van der Waals surface area contributed by atoms with Crippen LogP contribution in [0.2, 0.25) is 0 Å². The summed E-state index contributed by atoms with van der Waals surface area (Å²) in [4.78, 5) is 15.0. The molecule has 5 nitrogen and oxygen atoms in total. The number of benzene rings is 7. The highest BCUT2D eigenvalue weighted by molar-refractivity contribution is 5.80. The minimum atomic E-state index is 0.552. The lowest BCUT2D eigenvalue weighted by Crippen LogP contribution is -2.00. The van der Waals surface area contributed by atoms with E-state index in [1.807, 2.05) is 115 Å². The molecule has 0 aliphatic heterocycles. The van der Waals surface area contributed by atoms with Crippen molar-refractivity contribution < 1.29 is 0 Å². The third kappa shape index (κ3) is 6.71. The molecule has 0 N–H and O–H groups in total. The molecule has 0 aliphatic carbocycles. The zero-order chi connectivity index (χ0) is 35.3. The van der Waals surface area contributed by atoms with Crippen LogP contribution in [0.15, 0.2) is 176 Å². The van der Waals surface area contributed by atoms with E-state index in [0.29, 0.717) is 28.6 Å². The quantitative estimate of drug-likeness (QED) is 0.169. The number of hydrogen-bond donors (Lipinski definition) is 0. The zero-order valence-electron chi connectivity index (χ0n) is 28.0. The fourth-order valence-electron chi connectivity index (χ4n) is 6.33. The Morgan fingerprint density at radius 2 is 0.596 bits per heavy atom. The second-order valence-electron chi connectivity index (χ2n) is 12.4. The van der Waals surface area contributed by atoms with E-state index in [1.165, 1.54) is 0 Å². The molecule has 0 amide bonds. The van der Waals surface area contributed by atoms with E-state index in [4.69, 9.17) is 15.0 Å². The zero-order valence-corrected chi connectivity index (χ0v) is 28.0. The summed E-state index contributed by atoms with van der Waals surface area (Å²) in [6.45, 7) is 0. The third-order valence-electron chi connectivity index (χ3n) is 8.93. The summed E-state index contributed by atoms with van der Waals surface area (Å²) in [7, 11) is 0. The van der Waals surface area contributed by atoms with Gasteiger partial charge in [0.15, 0.2) is 17.5 Å². The van der Waals surface area contributed by atoms with Gasteiger partial charge in [-0.2, -0.15) is 10.5 Å². The highest BCUT2D eigenvalue weighted by Crippen LogP contribution is 2.33. The molecule has 52 heavy (non-hydrogen) atoms. The van der Waals surface area contributed by atoms with E-state index in [1.54, 1.807) is 6.07 Å². The predicted molar refractivity (Wildman–Crippen MR) is 207 cm³/mol. The molecule has 0 atom stereocenters. The van der Waals surface area contributed by atoms with E-state index in [-0.39, 0.29) is 0 Å². The van der Waals surface area contributed by atoms with E-state index in [2.05, 4.69) is 66.7 Å². The van der Waals surface area contributed by atoms with Crippen LogP contribution in [0.5, 0.6) is 0 Å². The molecule has 0 aliphatic rings. The maximum atomic E-state index is 9.88. The van der Waals surface area contributed by atoms with Gasteiger partial charge in [0.2, 0.25) is 0 Å². The first-order chi connectivity index (χ1) is 25.6. The maximum Gasteiger partial charge on any atom is 0.164 e. The van der Waals surface area contributed by atoms with Crippen molar-refractivity contribution in [1.29, 1.82) is 10.5 Å². The summed E-state index contributed by atoms with van der Waals surface area (Å²) >= 11 is 0. The second kappa shape index (κ2) is 14.2. The Bertz CT molecular complexity index is 2650. The molecule has 8 aromatic rings. The van der Waals surface area contributed by atoms with Gasteiger partial charge in [-0.15, -0.1) is 0 Å². The van der Waals surface area contributed by atoms with Crippen LogP contribution in [0.1, 0.15) is 11.1 Å². The molecule has 8 rings (SSSR count). The Hall–Kier alpha value is -7.47. The summed E-state index contributed by atoms with van der Waals surface area (Å²) < 4.78 is 0. The number of nitrogens with zero attached hydrogens (tertiary/aromatic N) is 5. The molecule has 5 heteroatoms. The number of aromatic nitrogens is 3. The number of rotatable bonds is 7. The third-order valence-corrected chi connectivity index (χ3v) is 8.93. The van der Waals surface area contributed by atoms with E-state index in [9.17, 15) is 10.5 Å². The molecular weight excluding hydrogens is 635 g/mol. The predicted octanol–water partition coefficient (Wildman–Crippen LogP) is 11.3. The van der Waals surface area contributed by atoms with Crippen molar-refractivity contribution in [2.75, 3.05) is 0 Å². The lowest BCUT2D eigenvalue weighted by molar-refractivity contribution is 1.07. The van der Waals surface area contributed by atoms with E-state index >= 15 is 0 Å². The average Bonchev–Trinajstić information content (AvgIpc) is 3.24. The highest BCUT2D eigenvalue weighted by Gasteiger charge is 2.14. The van der Waals surface area contributed by atoms with Crippen LogP contribution in [0.25, 0.3) is 78.7 Å². The Kier molecular flexibility index (Phi) is 8.66. The molecule has 0 bridgehead atoms. The normalized spacial score (nSPS) is 10.7. The monoisotopic (exact) mass is 663 g/mol. The van der Waals surface area contributed by atoms with Crippen LogP contribution in [0.3, 0.4) is 0 Å². The summed E-state index contributed by atoms with van der Waals surface area (Å²) in [6, 6.07) is 62.9. The molecule has 0 saturated carbocycles. The number of hydrogen-bond acceptors (Lipinski definition) is 5. The average molecular weight is 664 g/mol. The van der Waals surface area contributed by atoms with Gasteiger partial charge in [0, 0.05) is 16.7 Å². The smallest absolute Gasteiger partial charge is 0.164 e. The van der Waals surface area contributed by atoms with Crippen molar-refractivity contribution in [3.63, 3.8) is 0 Å². The largest absolute Gasteiger partial charge is 0.208 e. The van der Waals surface area contributed by atoms with Crippen molar-refractivity contribution in [2.45, 2.75) is 0 Å². The van der Waals surface area contributed by atoms with Crippen LogP contribution in [-0.2, 0) is 0 Å². The fraction of sp³-hybridized carbons (Fsp3) is 0. The molecule has 1 aromatic heterocycles. The summed E-state index contributed by atoms with van der Waals surface area (Å²) in [6.07, 6.45) is 0. The fourth-order valence-corrected chi connectivity index (χ4v) is 6.33. The molecular formula is C47H29N5. The van der Waals surface area contributed by atoms with Crippen LogP contribution >= 0.6 is 0 Å². The Morgan fingerprint density at radius 3 is 1.12 bits per heavy atom. The molecule has 0 saturated heterocycles. The second-order valence-corrected chi connectivity index (χ2v) is 12.4. The van der Waals surface area contributed by atoms with E-state index < -0.39 is 0 Å². The van der Waals surface area contributed by atoms with Gasteiger partial charge in [-0.3, -0.25) is 0 Å². The standard InChI is InChI=1S/C47H29N5/c48-30-32-11-7-16-36(23-32)43-24-33(31-49)25-44(29-43)40-20-8-18-38(26-40)39-19-10-22-42(28-39)47-51-45(35-14-5-2-6-15-35)50-46(52-47)41-21-9-17-37(27-41)34-12-3-1-4-13-34/h1-29H. The van der Waals surface area contributed by atoms with Crippen LogP contribution < -0.4 is 0 Å². The molecule has 0 fully saturated rings.